The average Bonchev–Trinajstić information content (AvgIpc) is 2.43. The Kier molecular flexibility index (Phi) is 5.16. The molecule has 1 atom stereocenters. The Hall–Kier alpha value is -0.940. The summed E-state index contributed by atoms with van der Waals surface area (Å²) in [6.45, 7) is 2.78. The topological polar surface area (TPSA) is 46.2 Å². The van der Waals surface area contributed by atoms with Gasteiger partial charge in [-0.1, -0.05) is 25.1 Å². The van der Waals surface area contributed by atoms with Crippen LogP contribution in [0.1, 0.15) is 37.8 Å². The van der Waals surface area contributed by atoms with Crippen molar-refractivity contribution in [2.45, 2.75) is 32.2 Å². The summed E-state index contributed by atoms with van der Waals surface area (Å²) in [6, 6.07) is 6.82. The monoisotopic (exact) mass is 299 g/mol. The van der Waals surface area contributed by atoms with Crippen LogP contribution in [0.5, 0.6) is 0 Å². The molecule has 0 radical (unpaired) electrons. The third-order valence-electron chi connectivity index (χ3n) is 4.02. The predicted molar refractivity (Wildman–Crippen MR) is 78.8 cm³/mol. The Morgan fingerprint density at radius 3 is 2.55 bits per heavy atom. The lowest BCUT2D eigenvalue weighted by molar-refractivity contribution is 0.390. The SMILES string of the molecule is CC[C@H](NCC1CCS(=O)(=O)CC1)c1ccccc1F. The zero-order valence-electron chi connectivity index (χ0n) is 11.8. The second-order valence-electron chi connectivity index (χ2n) is 5.49. The summed E-state index contributed by atoms with van der Waals surface area (Å²) in [7, 11) is -2.81. The third-order valence-corrected chi connectivity index (χ3v) is 5.73. The van der Waals surface area contributed by atoms with E-state index in [0.717, 1.165) is 13.0 Å². The van der Waals surface area contributed by atoms with Crippen molar-refractivity contribution in [3.63, 3.8) is 0 Å². The van der Waals surface area contributed by atoms with E-state index in [1.54, 1.807) is 6.07 Å². The maximum Gasteiger partial charge on any atom is 0.150 e. The minimum atomic E-state index is -2.81. The maximum absolute atomic E-state index is 13.8. The second-order valence-corrected chi connectivity index (χ2v) is 7.79. The number of benzene rings is 1. The normalized spacial score (nSPS) is 20.7. The largest absolute Gasteiger partial charge is 0.310 e. The van der Waals surface area contributed by atoms with Crippen molar-refractivity contribution in [3.05, 3.63) is 35.6 Å². The summed E-state index contributed by atoms with van der Waals surface area (Å²) in [5, 5.41) is 3.39. The van der Waals surface area contributed by atoms with Gasteiger partial charge in [-0.2, -0.15) is 0 Å². The molecule has 1 aromatic rings. The Bertz CT molecular complexity index is 531. The zero-order chi connectivity index (χ0) is 14.6. The van der Waals surface area contributed by atoms with Gasteiger partial charge in [0.15, 0.2) is 0 Å². The molecule has 3 nitrogen and oxygen atoms in total. The summed E-state index contributed by atoms with van der Waals surface area (Å²) < 4.78 is 36.5. The molecule has 1 aromatic carbocycles. The highest BCUT2D eigenvalue weighted by molar-refractivity contribution is 7.91. The van der Waals surface area contributed by atoms with Crippen molar-refractivity contribution in [2.24, 2.45) is 5.92 Å². The molecule has 1 heterocycles. The highest BCUT2D eigenvalue weighted by Crippen LogP contribution is 2.22. The van der Waals surface area contributed by atoms with Gasteiger partial charge in [0.25, 0.3) is 0 Å². The lowest BCUT2D eigenvalue weighted by Crippen LogP contribution is -2.33. The molecule has 0 aromatic heterocycles. The van der Waals surface area contributed by atoms with Crippen molar-refractivity contribution in [1.82, 2.24) is 5.32 Å². The highest BCUT2D eigenvalue weighted by atomic mass is 32.2. The van der Waals surface area contributed by atoms with Crippen molar-refractivity contribution in [3.8, 4) is 0 Å². The number of halogens is 1. The van der Waals surface area contributed by atoms with Crippen LogP contribution >= 0.6 is 0 Å². The molecule has 0 saturated carbocycles. The summed E-state index contributed by atoms with van der Waals surface area (Å²) >= 11 is 0. The number of rotatable bonds is 5. The molecule has 2 rings (SSSR count). The highest BCUT2D eigenvalue weighted by Gasteiger charge is 2.24. The maximum atomic E-state index is 13.8. The molecule has 1 aliphatic heterocycles. The van der Waals surface area contributed by atoms with Crippen LogP contribution in [0.4, 0.5) is 4.39 Å². The van der Waals surface area contributed by atoms with Gasteiger partial charge >= 0.3 is 0 Å². The molecule has 112 valence electrons. The predicted octanol–water partition coefficient (Wildman–Crippen LogP) is 2.69. The number of nitrogens with one attached hydrogen (secondary N) is 1. The third kappa shape index (κ3) is 4.03. The first-order valence-electron chi connectivity index (χ1n) is 7.20. The molecule has 1 N–H and O–H groups in total. The van der Waals surface area contributed by atoms with Crippen LogP contribution in [0.2, 0.25) is 0 Å². The molecule has 5 heteroatoms. The molecule has 0 amide bonds. The molecule has 0 unspecified atom stereocenters. The first-order chi connectivity index (χ1) is 9.52. The van der Waals surface area contributed by atoms with Crippen LogP contribution in [0.3, 0.4) is 0 Å². The van der Waals surface area contributed by atoms with Gasteiger partial charge in [-0.25, -0.2) is 12.8 Å². The summed E-state index contributed by atoms with van der Waals surface area (Å²) in [5.41, 5.74) is 0.693. The number of hydrogen-bond donors (Lipinski definition) is 1. The van der Waals surface area contributed by atoms with Gasteiger partial charge in [0.05, 0.1) is 11.5 Å². The fourth-order valence-corrected chi connectivity index (χ4v) is 4.27. The van der Waals surface area contributed by atoms with E-state index in [2.05, 4.69) is 5.32 Å². The lowest BCUT2D eigenvalue weighted by atomic mass is 10.00. The van der Waals surface area contributed by atoms with Crippen molar-refractivity contribution < 1.29 is 12.8 Å². The average molecular weight is 299 g/mol. The molecule has 1 aliphatic rings. The van der Waals surface area contributed by atoms with Crippen LogP contribution in [0.25, 0.3) is 0 Å². The van der Waals surface area contributed by atoms with Gasteiger partial charge in [-0.05, 0) is 37.8 Å². The Labute approximate surface area is 120 Å². The molecule has 1 fully saturated rings. The van der Waals surface area contributed by atoms with E-state index in [-0.39, 0.29) is 23.4 Å². The van der Waals surface area contributed by atoms with Crippen molar-refractivity contribution >= 4 is 9.84 Å². The van der Waals surface area contributed by atoms with Crippen LogP contribution in [-0.4, -0.2) is 26.5 Å². The Morgan fingerprint density at radius 2 is 1.95 bits per heavy atom. The van der Waals surface area contributed by atoms with Crippen LogP contribution in [0.15, 0.2) is 24.3 Å². The van der Waals surface area contributed by atoms with E-state index in [1.165, 1.54) is 6.07 Å². The van der Waals surface area contributed by atoms with Gasteiger partial charge in [0.2, 0.25) is 0 Å². The quantitative estimate of drug-likeness (QED) is 0.909. The van der Waals surface area contributed by atoms with E-state index >= 15 is 0 Å². The van der Waals surface area contributed by atoms with E-state index in [0.29, 0.717) is 24.3 Å². The van der Waals surface area contributed by atoms with E-state index in [9.17, 15) is 12.8 Å². The molecule has 1 saturated heterocycles. The van der Waals surface area contributed by atoms with Gasteiger partial charge in [0, 0.05) is 11.6 Å². The Balaban J connectivity index is 1.91. The standard InChI is InChI=1S/C15H22FNO2S/c1-2-15(13-5-3-4-6-14(13)16)17-11-12-7-9-20(18,19)10-8-12/h3-6,12,15,17H,2,7-11H2,1H3/t15-/m0/s1. The molecule has 20 heavy (non-hydrogen) atoms. The van der Waals surface area contributed by atoms with Crippen LogP contribution in [-0.2, 0) is 9.84 Å². The van der Waals surface area contributed by atoms with E-state index in [4.69, 9.17) is 0 Å². The molecule has 0 aliphatic carbocycles. The molecular weight excluding hydrogens is 277 g/mol. The van der Waals surface area contributed by atoms with Crippen LogP contribution < -0.4 is 5.32 Å². The van der Waals surface area contributed by atoms with Gasteiger partial charge in [-0.3, -0.25) is 0 Å². The molecule has 0 spiro atoms. The Morgan fingerprint density at radius 1 is 1.30 bits per heavy atom. The van der Waals surface area contributed by atoms with Gasteiger partial charge < -0.3 is 5.32 Å². The first-order valence-corrected chi connectivity index (χ1v) is 9.02. The first kappa shape index (κ1) is 15.4. The fraction of sp³-hybridized carbons (Fsp3) is 0.600. The van der Waals surface area contributed by atoms with E-state index in [1.807, 2.05) is 19.1 Å². The number of hydrogen-bond acceptors (Lipinski definition) is 3. The lowest BCUT2D eigenvalue weighted by Gasteiger charge is -2.25. The molecule has 0 bridgehead atoms. The zero-order valence-corrected chi connectivity index (χ0v) is 12.6. The van der Waals surface area contributed by atoms with Crippen molar-refractivity contribution in [2.75, 3.05) is 18.1 Å². The van der Waals surface area contributed by atoms with Gasteiger partial charge in [0.1, 0.15) is 15.7 Å². The van der Waals surface area contributed by atoms with Gasteiger partial charge in [-0.15, -0.1) is 0 Å². The second kappa shape index (κ2) is 6.68. The smallest absolute Gasteiger partial charge is 0.150 e. The minimum absolute atomic E-state index is 0.00488. The summed E-state index contributed by atoms with van der Waals surface area (Å²) in [5.74, 6) is 0.767. The molecular formula is C15H22FNO2S. The van der Waals surface area contributed by atoms with E-state index < -0.39 is 9.84 Å². The van der Waals surface area contributed by atoms with Crippen molar-refractivity contribution in [1.29, 1.82) is 0 Å². The summed E-state index contributed by atoms with van der Waals surface area (Å²) in [6.07, 6.45) is 2.23. The fourth-order valence-electron chi connectivity index (χ4n) is 2.68. The number of sulfone groups is 1. The summed E-state index contributed by atoms with van der Waals surface area (Å²) in [4.78, 5) is 0. The minimum Gasteiger partial charge on any atom is -0.310 e. The van der Waals surface area contributed by atoms with Crippen LogP contribution in [0, 0.1) is 11.7 Å².